The van der Waals surface area contributed by atoms with Crippen LogP contribution < -0.4 is 26.8 Å². The van der Waals surface area contributed by atoms with Crippen LogP contribution in [0.4, 0.5) is 16.4 Å². The molecule has 4 heterocycles. The van der Waals surface area contributed by atoms with E-state index in [1.54, 1.807) is 29.4 Å². The van der Waals surface area contributed by atoms with E-state index in [1.807, 2.05) is 49.4 Å². The maximum Gasteiger partial charge on any atom is 0.320 e. The minimum atomic E-state index is -0.296. The summed E-state index contributed by atoms with van der Waals surface area (Å²) in [6.45, 7) is 6.91. The lowest BCUT2D eigenvalue weighted by molar-refractivity contribution is 0.112. The zero-order valence-corrected chi connectivity index (χ0v) is 22.9. The molecular formula is C27H35N9O4. The fourth-order valence-corrected chi connectivity index (χ4v) is 4.49. The molecular weight excluding hydrogens is 514 g/mol. The number of amides is 2. The van der Waals surface area contributed by atoms with Gasteiger partial charge < -0.3 is 20.7 Å². The Morgan fingerprint density at radius 1 is 1.23 bits per heavy atom. The van der Waals surface area contributed by atoms with Crippen LogP contribution in [0.25, 0.3) is 11.3 Å². The molecule has 1 atom stereocenters. The van der Waals surface area contributed by atoms with E-state index in [2.05, 4.69) is 25.6 Å². The SMILES string of the molecule is CCNC(=O)Nc1cn2nc(N3CC[C@H](N)C3)ccc2n1.COCCn1c(C)c(C=O)c(=O)n1-c1ccccc1. The second-order valence-electron chi connectivity index (χ2n) is 9.29. The standard InChI is InChI=1S/C14H16N2O3.C13H19N7O/c1-11-13(10-17)14(18)16(15(11)8-9-19-2)12-6-4-3-5-7-12;1-2-15-13(21)17-10-8-20-11(16-10)3-4-12(18-20)19-6-5-9(14)7-19/h3-7,10H,8-9H2,1-2H3;3-4,8-9H,2,5-7,14H2,1H3,(H2,15,17,21)/t;9-/m.0/s1. The number of anilines is 2. The van der Waals surface area contributed by atoms with Crippen LogP contribution in [-0.4, -0.2) is 75.7 Å². The number of para-hydroxylation sites is 1. The lowest BCUT2D eigenvalue weighted by Crippen LogP contribution is -2.28. The summed E-state index contributed by atoms with van der Waals surface area (Å²) in [7, 11) is 1.60. The summed E-state index contributed by atoms with van der Waals surface area (Å²) in [6, 6.07) is 13.0. The number of hydrogen-bond donors (Lipinski definition) is 3. The third kappa shape index (κ3) is 6.38. The highest BCUT2D eigenvalue weighted by Gasteiger charge is 2.21. The summed E-state index contributed by atoms with van der Waals surface area (Å²) < 4.78 is 10.00. The highest BCUT2D eigenvalue weighted by atomic mass is 16.5. The third-order valence-electron chi connectivity index (χ3n) is 6.50. The molecule has 0 bridgehead atoms. The smallest absolute Gasteiger partial charge is 0.320 e. The quantitative estimate of drug-likeness (QED) is 0.281. The van der Waals surface area contributed by atoms with Gasteiger partial charge in [-0.2, -0.15) is 0 Å². The maximum absolute atomic E-state index is 12.3. The molecule has 3 aromatic heterocycles. The maximum atomic E-state index is 12.3. The Morgan fingerprint density at radius 3 is 2.65 bits per heavy atom. The minimum absolute atomic E-state index is 0.194. The molecule has 0 saturated carbocycles. The molecule has 4 aromatic rings. The van der Waals surface area contributed by atoms with Gasteiger partial charge in [0.15, 0.2) is 17.8 Å². The first-order chi connectivity index (χ1) is 19.4. The van der Waals surface area contributed by atoms with Gasteiger partial charge in [-0.05, 0) is 44.5 Å². The summed E-state index contributed by atoms with van der Waals surface area (Å²) in [4.78, 5) is 41.3. The third-order valence-corrected chi connectivity index (χ3v) is 6.50. The molecule has 0 aliphatic carbocycles. The number of fused-ring (bicyclic) bond motifs is 1. The van der Waals surface area contributed by atoms with Crippen molar-refractivity contribution in [3.63, 3.8) is 0 Å². The fraction of sp³-hybridized carbons (Fsp3) is 0.370. The summed E-state index contributed by atoms with van der Waals surface area (Å²) in [6.07, 6.45) is 3.29. The van der Waals surface area contributed by atoms with Crippen LogP contribution in [0.3, 0.4) is 0 Å². The normalized spacial score (nSPS) is 14.6. The number of hydrogen-bond acceptors (Lipinski definition) is 8. The molecule has 0 unspecified atom stereocenters. The Hall–Kier alpha value is -4.49. The average Bonchev–Trinajstić information content (AvgIpc) is 3.62. The monoisotopic (exact) mass is 549 g/mol. The fourth-order valence-electron chi connectivity index (χ4n) is 4.49. The number of carbonyl (C=O) groups excluding carboxylic acids is 2. The number of benzene rings is 1. The highest BCUT2D eigenvalue weighted by Crippen LogP contribution is 2.18. The minimum Gasteiger partial charge on any atom is -0.383 e. The molecule has 1 aliphatic heterocycles. The Morgan fingerprint density at radius 2 is 2.00 bits per heavy atom. The predicted molar refractivity (Wildman–Crippen MR) is 153 cm³/mol. The molecule has 4 N–H and O–H groups in total. The van der Waals surface area contributed by atoms with Gasteiger partial charge in [0.2, 0.25) is 0 Å². The van der Waals surface area contributed by atoms with E-state index in [-0.39, 0.29) is 23.2 Å². The molecule has 0 radical (unpaired) electrons. The molecule has 1 aromatic carbocycles. The number of aldehydes is 1. The Balaban J connectivity index is 0.000000186. The van der Waals surface area contributed by atoms with E-state index in [4.69, 9.17) is 10.5 Å². The second-order valence-corrected chi connectivity index (χ2v) is 9.29. The van der Waals surface area contributed by atoms with E-state index >= 15 is 0 Å². The molecule has 212 valence electrons. The van der Waals surface area contributed by atoms with Crippen molar-refractivity contribution in [2.75, 3.05) is 43.6 Å². The number of nitrogens with zero attached hydrogens (tertiary/aromatic N) is 6. The first-order valence-electron chi connectivity index (χ1n) is 13.1. The van der Waals surface area contributed by atoms with Crippen LogP contribution in [0.2, 0.25) is 0 Å². The summed E-state index contributed by atoms with van der Waals surface area (Å²) in [5.74, 6) is 1.35. The number of urea groups is 1. The van der Waals surface area contributed by atoms with E-state index in [0.717, 1.165) is 31.0 Å². The van der Waals surface area contributed by atoms with Gasteiger partial charge in [-0.25, -0.2) is 19.0 Å². The zero-order valence-electron chi connectivity index (χ0n) is 22.9. The average molecular weight is 550 g/mol. The van der Waals surface area contributed by atoms with Crippen LogP contribution in [0, 0.1) is 6.92 Å². The number of ether oxygens (including phenoxy) is 1. The predicted octanol–water partition coefficient (Wildman–Crippen LogP) is 1.81. The van der Waals surface area contributed by atoms with Crippen molar-refractivity contribution < 1.29 is 14.3 Å². The van der Waals surface area contributed by atoms with E-state index < -0.39 is 0 Å². The molecule has 1 saturated heterocycles. The Bertz CT molecular complexity index is 1510. The van der Waals surface area contributed by atoms with Crippen molar-refractivity contribution in [3.05, 3.63) is 70.3 Å². The number of nitrogens with two attached hydrogens (primary N) is 1. The molecule has 0 spiro atoms. The first kappa shape index (κ1) is 28.5. The van der Waals surface area contributed by atoms with Gasteiger partial charge in [0, 0.05) is 38.5 Å². The number of methoxy groups -OCH3 is 1. The molecule has 1 fully saturated rings. The van der Waals surface area contributed by atoms with Gasteiger partial charge in [0.05, 0.1) is 25.0 Å². The van der Waals surface area contributed by atoms with Gasteiger partial charge in [-0.3, -0.25) is 19.6 Å². The second kappa shape index (κ2) is 13.0. The summed E-state index contributed by atoms with van der Waals surface area (Å²) in [5.41, 5.74) is 7.90. The largest absolute Gasteiger partial charge is 0.383 e. The van der Waals surface area contributed by atoms with Crippen molar-refractivity contribution in [3.8, 4) is 5.69 Å². The van der Waals surface area contributed by atoms with Crippen molar-refractivity contribution in [1.29, 1.82) is 0 Å². The van der Waals surface area contributed by atoms with Crippen LogP contribution in [0.15, 0.2) is 53.5 Å². The van der Waals surface area contributed by atoms with E-state index in [1.165, 1.54) is 4.68 Å². The van der Waals surface area contributed by atoms with Crippen LogP contribution in [0.1, 0.15) is 29.4 Å². The molecule has 13 nitrogen and oxygen atoms in total. The van der Waals surface area contributed by atoms with Crippen LogP contribution >= 0.6 is 0 Å². The number of imidazole rings is 1. The number of nitrogens with one attached hydrogen (secondary N) is 2. The van der Waals surface area contributed by atoms with Crippen LogP contribution in [0.5, 0.6) is 0 Å². The van der Waals surface area contributed by atoms with Gasteiger partial charge in [0.25, 0.3) is 5.56 Å². The topological polar surface area (TPSA) is 154 Å². The van der Waals surface area contributed by atoms with Crippen molar-refractivity contribution in [1.82, 2.24) is 29.3 Å². The molecule has 13 heteroatoms. The van der Waals surface area contributed by atoms with Crippen molar-refractivity contribution in [2.24, 2.45) is 5.73 Å². The van der Waals surface area contributed by atoms with Crippen LogP contribution in [-0.2, 0) is 11.3 Å². The summed E-state index contributed by atoms with van der Waals surface area (Å²) in [5, 5.41) is 9.85. The first-order valence-corrected chi connectivity index (χ1v) is 13.1. The van der Waals surface area contributed by atoms with Gasteiger partial charge >= 0.3 is 6.03 Å². The van der Waals surface area contributed by atoms with Crippen molar-refractivity contribution in [2.45, 2.75) is 32.9 Å². The van der Waals surface area contributed by atoms with Gasteiger partial charge in [-0.1, -0.05) is 18.2 Å². The van der Waals surface area contributed by atoms with Crippen molar-refractivity contribution >= 4 is 29.6 Å². The molecule has 1 aliphatic rings. The van der Waals surface area contributed by atoms with E-state index in [0.29, 0.717) is 43.1 Å². The van der Waals surface area contributed by atoms with E-state index in [9.17, 15) is 14.4 Å². The number of carbonyl (C=O) groups is 2. The lowest BCUT2D eigenvalue weighted by atomic mass is 10.3. The number of rotatable bonds is 8. The molecule has 5 rings (SSSR count). The number of aromatic nitrogens is 5. The lowest BCUT2D eigenvalue weighted by Gasteiger charge is -2.16. The van der Waals surface area contributed by atoms with Gasteiger partial charge in [0.1, 0.15) is 11.4 Å². The molecule has 40 heavy (non-hydrogen) atoms. The Labute approximate surface area is 231 Å². The van der Waals surface area contributed by atoms with Gasteiger partial charge in [-0.15, -0.1) is 5.10 Å². The highest BCUT2D eigenvalue weighted by molar-refractivity contribution is 5.88. The Kier molecular flexibility index (Phi) is 9.30. The summed E-state index contributed by atoms with van der Waals surface area (Å²) >= 11 is 0. The zero-order chi connectivity index (χ0) is 28.6. The molecule has 2 amide bonds.